The van der Waals surface area contributed by atoms with E-state index in [0.29, 0.717) is 44.7 Å². The van der Waals surface area contributed by atoms with Crippen LogP contribution in [0.15, 0.2) is 41.1 Å². The van der Waals surface area contributed by atoms with Crippen LogP contribution in [-0.2, 0) is 6.61 Å². The minimum absolute atomic E-state index is 0.230. The zero-order valence-electron chi connectivity index (χ0n) is 19.3. The summed E-state index contributed by atoms with van der Waals surface area (Å²) >= 11 is 7.50. The van der Waals surface area contributed by atoms with Gasteiger partial charge in [-0.15, -0.1) is 16.4 Å². The predicted molar refractivity (Wildman–Crippen MR) is 134 cm³/mol. The van der Waals surface area contributed by atoms with Crippen LogP contribution in [0.2, 0.25) is 5.02 Å². The summed E-state index contributed by atoms with van der Waals surface area (Å²) in [5, 5.41) is 5.97. The molecular weight excluding hydrogens is 508 g/mol. The van der Waals surface area contributed by atoms with E-state index in [-0.39, 0.29) is 12.3 Å². The van der Waals surface area contributed by atoms with Crippen molar-refractivity contribution < 1.29 is 17.9 Å². The topological polar surface area (TPSA) is 78.3 Å². The molecule has 0 aliphatic heterocycles. The molecule has 36 heavy (non-hydrogen) atoms. The second-order valence-electron chi connectivity index (χ2n) is 8.50. The minimum atomic E-state index is -2.64. The monoisotopic (exact) mass is 525 g/mol. The number of nitrogens with zero attached hydrogens (tertiary/aromatic N) is 5. The number of hydrogen-bond acceptors (Lipinski definition) is 7. The highest BCUT2D eigenvalue weighted by Crippen LogP contribution is 2.37. The summed E-state index contributed by atoms with van der Waals surface area (Å²) in [6.45, 7) is 5.87. The molecule has 6 aromatic rings. The van der Waals surface area contributed by atoms with E-state index in [1.807, 2.05) is 32.0 Å². The summed E-state index contributed by atoms with van der Waals surface area (Å²) in [5.41, 5.74) is 3.54. The van der Waals surface area contributed by atoms with Crippen molar-refractivity contribution in [2.45, 2.75) is 33.8 Å². The van der Waals surface area contributed by atoms with E-state index >= 15 is 0 Å². The van der Waals surface area contributed by atoms with Gasteiger partial charge in [0.25, 0.3) is 6.43 Å². The van der Waals surface area contributed by atoms with Crippen LogP contribution in [0.3, 0.4) is 0 Å². The van der Waals surface area contributed by atoms with E-state index in [0.717, 1.165) is 26.2 Å². The maximum absolute atomic E-state index is 13.3. The van der Waals surface area contributed by atoms with E-state index in [1.165, 1.54) is 17.4 Å². The SMILES string of the molecule is Cc1cc(OCc2ccc(-c3nc4c5sc6nc(C(F)F)cc(C)c6c5ncn4n3)o2)cc(C)c1Cl. The minimum Gasteiger partial charge on any atom is -0.486 e. The number of pyridine rings is 1. The Hall–Kier alpha value is -3.63. The molecule has 0 N–H and O–H groups in total. The Morgan fingerprint density at radius 2 is 1.86 bits per heavy atom. The summed E-state index contributed by atoms with van der Waals surface area (Å²) in [6, 6.07) is 8.75. The average molecular weight is 526 g/mol. The fourth-order valence-electron chi connectivity index (χ4n) is 4.17. The first-order valence-electron chi connectivity index (χ1n) is 11.0. The van der Waals surface area contributed by atoms with Gasteiger partial charge in [0.1, 0.15) is 39.7 Å². The quantitative estimate of drug-likeness (QED) is 0.236. The standard InChI is InChI=1S/C25H18ClF2N5O2S/c1-11-8-16(22(27)28)30-25-18(11)20-21(36-25)24-31-23(32-33(24)10-29-20)17-5-4-14(35-17)9-34-15-6-12(2)19(26)13(3)7-15/h4-8,10,22H,9H2,1-3H3. The molecule has 0 fully saturated rings. The summed E-state index contributed by atoms with van der Waals surface area (Å²) in [4.78, 5) is 13.8. The molecule has 0 aliphatic rings. The largest absolute Gasteiger partial charge is 0.486 e. The number of hydrogen-bond donors (Lipinski definition) is 0. The number of halogens is 3. The summed E-state index contributed by atoms with van der Waals surface area (Å²) in [6.07, 6.45) is -1.09. The zero-order chi connectivity index (χ0) is 25.1. The average Bonchev–Trinajstić information content (AvgIpc) is 3.56. The second-order valence-corrected chi connectivity index (χ2v) is 9.88. The van der Waals surface area contributed by atoms with Gasteiger partial charge in [0.05, 0.1) is 5.52 Å². The van der Waals surface area contributed by atoms with Crippen LogP contribution in [0.25, 0.3) is 37.7 Å². The molecule has 7 nitrogen and oxygen atoms in total. The number of furan rings is 1. The van der Waals surface area contributed by atoms with Gasteiger partial charge in [-0.3, -0.25) is 0 Å². The molecule has 0 spiro atoms. The lowest BCUT2D eigenvalue weighted by molar-refractivity contribution is 0.146. The normalized spacial score (nSPS) is 12.0. The number of aromatic nitrogens is 5. The van der Waals surface area contributed by atoms with E-state index in [9.17, 15) is 8.78 Å². The van der Waals surface area contributed by atoms with Crippen LogP contribution in [0.5, 0.6) is 5.75 Å². The molecule has 0 amide bonds. The predicted octanol–water partition coefficient (Wildman–Crippen LogP) is 7.24. The number of benzene rings is 1. The van der Waals surface area contributed by atoms with E-state index in [2.05, 4.69) is 20.1 Å². The van der Waals surface area contributed by atoms with Crippen LogP contribution in [0.4, 0.5) is 8.78 Å². The molecule has 6 rings (SSSR count). The number of aryl methyl sites for hydroxylation is 3. The Bertz CT molecular complexity index is 1770. The number of fused-ring (bicyclic) bond motifs is 5. The smallest absolute Gasteiger partial charge is 0.280 e. The molecule has 0 radical (unpaired) electrons. The van der Waals surface area contributed by atoms with Gasteiger partial charge in [-0.1, -0.05) is 11.6 Å². The van der Waals surface area contributed by atoms with Crippen molar-refractivity contribution in [1.29, 1.82) is 0 Å². The summed E-state index contributed by atoms with van der Waals surface area (Å²) < 4.78 is 40.6. The first-order valence-corrected chi connectivity index (χ1v) is 12.2. The van der Waals surface area contributed by atoms with Gasteiger partial charge in [-0.05, 0) is 67.8 Å². The molecule has 182 valence electrons. The lowest BCUT2D eigenvalue weighted by Gasteiger charge is -2.08. The van der Waals surface area contributed by atoms with Crippen molar-refractivity contribution in [3.63, 3.8) is 0 Å². The molecule has 1 aromatic carbocycles. The Kier molecular flexibility index (Phi) is 5.38. The van der Waals surface area contributed by atoms with E-state index in [4.69, 9.17) is 20.8 Å². The summed E-state index contributed by atoms with van der Waals surface area (Å²) in [7, 11) is 0. The Labute approximate surface area is 212 Å². The van der Waals surface area contributed by atoms with Crippen molar-refractivity contribution in [1.82, 2.24) is 24.6 Å². The maximum atomic E-state index is 13.3. The molecule has 0 bridgehead atoms. The molecule has 0 aliphatic carbocycles. The van der Waals surface area contributed by atoms with Crippen LogP contribution >= 0.6 is 22.9 Å². The van der Waals surface area contributed by atoms with Crippen LogP contribution in [0.1, 0.15) is 34.6 Å². The van der Waals surface area contributed by atoms with Crippen molar-refractivity contribution in [3.8, 4) is 17.3 Å². The molecule has 5 aromatic heterocycles. The fraction of sp³-hybridized carbons (Fsp3) is 0.200. The third kappa shape index (κ3) is 3.77. The van der Waals surface area contributed by atoms with Crippen LogP contribution in [-0.4, -0.2) is 24.6 Å². The molecule has 0 saturated carbocycles. The lowest BCUT2D eigenvalue weighted by Crippen LogP contribution is -1.95. The van der Waals surface area contributed by atoms with Crippen LogP contribution < -0.4 is 4.74 Å². The highest BCUT2D eigenvalue weighted by Gasteiger charge is 2.20. The highest BCUT2D eigenvalue weighted by atomic mass is 35.5. The maximum Gasteiger partial charge on any atom is 0.280 e. The molecule has 5 heterocycles. The third-order valence-electron chi connectivity index (χ3n) is 5.88. The van der Waals surface area contributed by atoms with Gasteiger partial charge in [0, 0.05) is 10.4 Å². The lowest BCUT2D eigenvalue weighted by atomic mass is 10.1. The van der Waals surface area contributed by atoms with E-state index in [1.54, 1.807) is 23.8 Å². The van der Waals surface area contributed by atoms with Gasteiger partial charge in [0.2, 0.25) is 5.82 Å². The Balaban J connectivity index is 1.33. The second kappa shape index (κ2) is 8.49. The van der Waals surface area contributed by atoms with Gasteiger partial charge in [-0.25, -0.2) is 28.2 Å². The van der Waals surface area contributed by atoms with Crippen molar-refractivity contribution in [2.75, 3.05) is 0 Å². The third-order valence-corrected chi connectivity index (χ3v) is 7.55. The number of thiophene rings is 1. The molecular formula is C25H18ClF2N5O2S. The zero-order valence-corrected chi connectivity index (χ0v) is 20.9. The van der Waals surface area contributed by atoms with Crippen molar-refractivity contribution in [2.24, 2.45) is 0 Å². The number of alkyl halides is 2. The molecule has 0 saturated heterocycles. The first-order chi connectivity index (χ1) is 17.3. The molecule has 11 heteroatoms. The van der Waals surface area contributed by atoms with Gasteiger partial charge in [0.15, 0.2) is 11.4 Å². The summed E-state index contributed by atoms with van der Waals surface area (Å²) in [5.74, 6) is 2.17. The Morgan fingerprint density at radius 3 is 2.61 bits per heavy atom. The van der Waals surface area contributed by atoms with E-state index < -0.39 is 6.43 Å². The fourth-order valence-corrected chi connectivity index (χ4v) is 5.47. The van der Waals surface area contributed by atoms with Crippen molar-refractivity contribution >= 4 is 49.0 Å². The van der Waals surface area contributed by atoms with Gasteiger partial charge < -0.3 is 9.15 Å². The molecule has 0 atom stereocenters. The molecule has 0 unspecified atom stereocenters. The first kappa shape index (κ1) is 22.8. The Morgan fingerprint density at radius 1 is 1.08 bits per heavy atom. The van der Waals surface area contributed by atoms with Gasteiger partial charge >= 0.3 is 0 Å². The number of ether oxygens (including phenoxy) is 1. The van der Waals surface area contributed by atoms with Crippen LogP contribution in [0, 0.1) is 20.8 Å². The van der Waals surface area contributed by atoms with Gasteiger partial charge in [-0.2, -0.15) is 0 Å². The van der Waals surface area contributed by atoms with Crippen molar-refractivity contribution in [3.05, 3.63) is 69.8 Å². The highest BCUT2D eigenvalue weighted by molar-refractivity contribution is 7.26. The number of rotatable bonds is 5.